The smallest absolute Gasteiger partial charge is 0.129 e. The van der Waals surface area contributed by atoms with Crippen molar-refractivity contribution in [3.63, 3.8) is 0 Å². The number of aliphatic hydroxyl groups excluding tert-OH is 1. The van der Waals surface area contributed by atoms with Crippen LogP contribution in [0.4, 0.5) is 0 Å². The fourth-order valence-corrected chi connectivity index (χ4v) is 1.82. The number of aryl methyl sites for hydroxylation is 1. The summed E-state index contributed by atoms with van der Waals surface area (Å²) in [5.74, 6) is 0. The molecule has 0 aromatic carbocycles. The summed E-state index contributed by atoms with van der Waals surface area (Å²) in [6.45, 7) is 0. The first-order chi connectivity index (χ1) is 7.59. The highest BCUT2D eigenvalue weighted by molar-refractivity contribution is 6.31. The van der Waals surface area contributed by atoms with Crippen LogP contribution in [0.15, 0.2) is 24.5 Å². The SMILES string of the molecule is Cn1ncc(Cl)c1C(O)c1ccc(Cl)nc1. The number of halogens is 2. The third-order valence-corrected chi connectivity index (χ3v) is 2.78. The van der Waals surface area contributed by atoms with E-state index in [-0.39, 0.29) is 0 Å². The fraction of sp³-hybridized carbons (Fsp3) is 0.200. The van der Waals surface area contributed by atoms with Crippen LogP contribution in [0.3, 0.4) is 0 Å². The van der Waals surface area contributed by atoms with E-state index < -0.39 is 6.10 Å². The molecule has 84 valence electrons. The second kappa shape index (κ2) is 4.41. The van der Waals surface area contributed by atoms with Gasteiger partial charge in [-0.15, -0.1) is 0 Å². The van der Waals surface area contributed by atoms with Crippen molar-refractivity contribution in [2.45, 2.75) is 6.10 Å². The Bertz CT molecular complexity index is 476. The summed E-state index contributed by atoms with van der Waals surface area (Å²) >= 11 is 11.6. The summed E-state index contributed by atoms with van der Waals surface area (Å²) in [6.07, 6.45) is 2.14. The van der Waals surface area contributed by atoms with E-state index in [0.717, 1.165) is 0 Å². The van der Waals surface area contributed by atoms with Gasteiger partial charge in [0, 0.05) is 18.8 Å². The van der Waals surface area contributed by atoms with Crippen molar-refractivity contribution in [3.8, 4) is 0 Å². The van der Waals surface area contributed by atoms with Gasteiger partial charge in [0.1, 0.15) is 11.3 Å². The number of rotatable bonds is 2. The molecule has 2 aromatic heterocycles. The van der Waals surface area contributed by atoms with Gasteiger partial charge in [-0.2, -0.15) is 5.10 Å². The van der Waals surface area contributed by atoms with E-state index >= 15 is 0 Å². The second-order valence-electron chi connectivity index (χ2n) is 3.32. The van der Waals surface area contributed by atoms with E-state index in [2.05, 4.69) is 10.1 Å². The molecule has 6 heteroatoms. The molecule has 0 aliphatic carbocycles. The topological polar surface area (TPSA) is 50.9 Å². The number of hydrogen-bond acceptors (Lipinski definition) is 3. The van der Waals surface area contributed by atoms with Gasteiger partial charge in [0.25, 0.3) is 0 Å². The number of aromatic nitrogens is 3. The van der Waals surface area contributed by atoms with Gasteiger partial charge in [0.2, 0.25) is 0 Å². The highest BCUT2D eigenvalue weighted by atomic mass is 35.5. The van der Waals surface area contributed by atoms with E-state index in [0.29, 0.717) is 21.4 Å². The first-order valence-corrected chi connectivity index (χ1v) is 5.32. The molecule has 0 fully saturated rings. The Morgan fingerprint density at radius 1 is 1.31 bits per heavy atom. The zero-order valence-electron chi connectivity index (χ0n) is 8.43. The molecular weight excluding hydrogens is 249 g/mol. The Morgan fingerprint density at radius 3 is 2.56 bits per heavy atom. The van der Waals surface area contributed by atoms with Crippen LogP contribution in [0.2, 0.25) is 10.2 Å². The van der Waals surface area contributed by atoms with Crippen molar-refractivity contribution in [1.82, 2.24) is 14.8 Å². The predicted octanol–water partition coefficient (Wildman–Crippen LogP) is 2.20. The van der Waals surface area contributed by atoms with Crippen LogP contribution in [0.5, 0.6) is 0 Å². The molecule has 1 N–H and O–H groups in total. The molecule has 4 nitrogen and oxygen atoms in total. The summed E-state index contributed by atoms with van der Waals surface area (Å²) in [7, 11) is 1.72. The van der Waals surface area contributed by atoms with Crippen molar-refractivity contribution >= 4 is 23.2 Å². The van der Waals surface area contributed by atoms with Gasteiger partial charge in [-0.05, 0) is 6.07 Å². The van der Waals surface area contributed by atoms with Gasteiger partial charge in [-0.25, -0.2) is 4.98 Å². The number of pyridine rings is 1. The lowest BCUT2D eigenvalue weighted by Gasteiger charge is -2.11. The van der Waals surface area contributed by atoms with Crippen LogP contribution >= 0.6 is 23.2 Å². The zero-order chi connectivity index (χ0) is 11.7. The largest absolute Gasteiger partial charge is 0.382 e. The minimum absolute atomic E-state index is 0.382. The Labute approximate surface area is 102 Å². The predicted molar refractivity (Wildman–Crippen MR) is 61.5 cm³/mol. The third kappa shape index (κ3) is 2.04. The Morgan fingerprint density at radius 2 is 2.06 bits per heavy atom. The van der Waals surface area contributed by atoms with Crippen molar-refractivity contribution in [2.75, 3.05) is 0 Å². The van der Waals surface area contributed by atoms with Gasteiger partial charge in [0.05, 0.1) is 16.9 Å². The molecule has 0 bridgehead atoms. The van der Waals surface area contributed by atoms with E-state index in [1.807, 2.05) is 0 Å². The molecule has 2 aromatic rings. The molecule has 16 heavy (non-hydrogen) atoms. The summed E-state index contributed by atoms with van der Waals surface area (Å²) in [5.41, 5.74) is 1.15. The van der Waals surface area contributed by atoms with Crippen molar-refractivity contribution in [1.29, 1.82) is 0 Å². The molecule has 0 aliphatic heterocycles. The molecule has 0 aliphatic rings. The molecular formula is C10H9Cl2N3O. The first kappa shape index (κ1) is 11.4. The van der Waals surface area contributed by atoms with Gasteiger partial charge >= 0.3 is 0 Å². The summed E-state index contributed by atoms with van der Waals surface area (Å²) in [4.78, 5) is 3.90. The maximum atomic E-state index is 10.1. The van der Waals surface area contributed by atoms with Gasteiger partial charge in [-0.3, -0.25) is 4.68 Å². The lowest BCUT2D eigenvalue weighted by Crippen LogP contribution is -2.07. The summed E-state index contributed by atoms with van der Waals surface area (Å²) in [5, 5.41) is 14.9. The van der Waals surface area contributed by atoms with Gasteiger partial charge in [-0.1, -0.05) is 29.3 Å². The molecule has 0 saturated heterocycles. The van der Waals surface area contributed by atoms with Crippen LogP contribution in [0, 0.1) is 0 Å². The van der Waals surface area contributed by atoms with Crippen molar-refractivity contribution < 1.29 is 5.11 Å². The average molecular weight is 258 g/mol. The standard InChI is InChI=1S/C10H9Cl2N3O/c1-15-9(7(11)5-14-15)10(16)6-2-3-8(12)13-4-6/h2-5,10,16H,1H3. The van der Waals surface area contributed by atoms with E-state index in [1.165, 1.54) is 17.1 Å². The second-order valence-corrected chi connectivity index (χ2v) is 4.11. The molecule has 2 rings (SSSR count). The zero-order valence-corrected chi connectivity index (χ0v) is 9.94. The lowest BCUT2D eigenvalue weighted by atomic mass is 10.1. The average Bonchev–Trinajstić information content (AvgIpc) is 2.59. The lowest BCUT2D eigenvalue weighted by molar-refractivity contribution is 0.209. The van der Waals surface area contributed by atoms with Crippen LogP contribution in [-0.4, -0.2) is 19.9 Å². The highest BCUT2D eigenvalue weighted by Gasteiger charge is 2.18. The van der Waals surface area contributed by atoms with Crippen LogP contribution < -0.4 is 0 Å². The van der Waals surface area contributed by atoms with Crippen LogP contribution in [0.1, 0.15) is 17.4 Å². The molecule has 0 saturated carbocycles. The normalized spacial score (nSPS) is 12.8. The maximum Gasteiger partial charge on any atom is 0.129 e. The molecule has 0 amide bonds. The minimum atomic E-state index is -0.857. The van der Waals surface area contributed by atoms with E-state index in [4.69, 9.17) is 23.2 Å². The van der Waals surface area contributed by atoms with Crippen LogP contribution in [0.25, 0.3) is 0 Å². The van der Waals surface area contributed by atoms with Crippen molar-refractivity contribution in [3.05, 3.63) is 46.0 Å². The Hall–Kier alpha value is -1.10. The van der Waals surface area contributed by atoms with Crippen molar-refractivity contribution in [2.24, 2.45) is 7.05 Å². The minimum Gasteiger partial charge on any atom is -0.382 e. The van der Waals surface area contributed by atoms with E-state index in [1.54, 1.807) is 19.2 Å². The summed E-state index contributed by atoms with van der Waals surface area (Å²) in [6, 6.07) is 3.31. The number of nitrogens with zero attached hydrogens (tertiary/aromatic N) is 3. The van der Waals surface area contributed by atoms with Gasteiger partial charge < -0.3 is 5.11 Å². The quantitative estimate of drug-likeness (QED) is 0.840. The van der Waals surface area contributed by atoms with E-state index in [9.17, 15) is 5.11 Å². The highest BCUT2D eigenvalue weighted by Crippen LogP contribution is 2.27. The maximum absolute atomic E-state index is 10.1. The molecule has 1 unspecified atom stereocenters. The number of hydrogen-bond donors (Lipinski definition) is 1. The first-order valence-electron chi connectivity index (χ1n) is 4.56. The van der Waals surface area contributed by atoms with Gasteiger partial charge in [0.15, 0.2) is 0 Å². The number of aliphatic hydroxyl groups is 1. The molecule has 0 spiro atoms. The molecule has 2 heterocycles. The molecule has 0 radical (unpaired) electrons. The van der Waals surface area contributed by atoms with Crippen LogP contribution in [-0.2, 0) is 7.05 Å². The molecule has 1 atom stereocenters. The Balaban J connectivity index is 2.39. The monoisotopic (exact) mass is 257 g/mol. The Kier molecular flexibility index (Phi) is 3.14. The fourth-order valence-electron chi connectivity index (χ4n) is 1.43. The summed E-state index contributed by atoms with van der Waals surface area (Å²) < 4.78 is 1.53. The third-order valence-electron chi connectivity index (χ3n) is 2.26.